The normalized spacial score (nSPS) is 11.3. The first-order valence-electron chi connectivity index (χ1n) is 3.62. The number of rotatable bonds is 2. The third-order valence-corrected chi connectivity index (χ3v) is 1.75. The van der Waals surface area contributed by atoms with Crippen LogP contribution >= 0.6 is 23.2 Å². The van der Waals surface area contributed by atoms with Gasteiger partial charge in [0.05, 0.1) is 5.69 Å². The summed E-state index contributed by atoms with van der Waals surface area (Å²) in [6, 6.07) is 0.909. The predicted molar refractivity (Wildman–Crippen MR) is 50.5 cm³/mol. The molecule has 1 rings (SSSR count). The van der Waals surface area contributed by atoms with Crippen LogP contribution in [0.15, 0.2) is 6.07 Å². The van der Waals surface area contributed by atoms with Gasteiger partial charge < -0.3 is 10.5 Å². The van der Waals surface area contributed by atoms with Crippen molar-refractivity contribution in [1.82, 2.24) is 4.98 Å². The van der Waals surface area contributed by atoms with Gasteiger partial charge in [0.15, 0.2) is 11.4 Å². The topological polar surface area (TPSA) is 65.2 Å². The second-order valence-corrected chi connectivity index (χ2v) is 3.26. The Labute approximate surface area is 97.1 Å². The molecule has 16 heavy (non-hydrogen) atoms. The van der Waals surface area contributed by atoms with Crippen molar-refractivity contribution in [3.8, 4) is 5.75 Å². The number of halogens is 5. The fourth-order valence-corrected chi connectivity index (χ4v) is 1.21. The van der Waals surface area contributed by atoms with Crippen molar-refractivity contribution in [2.75, 3.05) is 5.73 Å². The number of nitrogen functional groups attached to an aromatic ring is 1. The van der Waals surface area contributed by atoms with E-state index in [9.17, 15) is 18.0 Å². The van der Waals surface area contributed by atoms with Gasteiger partial charge in [0.25, 0.3) is 5.24 Å². The second-order valence-electron chi connectivity index (χ2n) is 2.53. The molecule has 0 unspecified atom stereocenters. The number of nitrogens with zero attached hydrogens (tertiary/aromatic N) is 1. The van der Waals surface area contributed by atoms with Gasteiger partial charge in [-0.25, -0.2) is 4.98 Å². The standard InChI is InChI=1S/C7H3Cl2F3N2O2/c8-3-1-2(13)5(16-7(10,11)12)4(14-3)6(9)15/h1H,(H2,13,14). The molecule has 2 N–H and O–H groups in total. The molecule has 1 heterocycles. The van der Waals surface area contributed by atoms with E-state index in [1.807, 2.05) is 0 Å². The van der Waals surface area contributed by atoms with E-state index >= 15 is 0 Å². The van der Waals surface area contributed by atoms with E-state index in [1.54, 1.807) is 0 Å². The summed E-state index contributed by atoms with van der Waals surface area (Å²) in [6.45, 7) is 0. The molecule has 0 fully saturated rings. The summed E-state index contributed by atoms with van der Waals surface area (Å²) in [6.07, 6.45) is -5.01. The van der Waals surface area contributed by atoms with Crippen LogP contribution in [0.5, 0.6) is 5.75 Å². The van der Waals surface area contributed by atoms with Crippen LogP contribution in [0, 0.1) is 0 Å². The Morgan fingerprint density at radius 1 is 1.50 bits per heavy atom. The summed E-state index contributed by atoms with van der Waals surface area (Å²) in [7, 11) is 0. The minimum Gasteiger partial charge on any atom is -0.401 e. The van der Waals surface area contributed by atoms with Crippen molar-refractivity contribution < 1.29 is 22.7 Å². The number of nitrogens with two attached hydrogens (primary N) is 1. The summed E-state index contributed by atoms with van der Waals surface area (Å²) >= 11 is 10.4. The molecule has 0 saturated heterocycles. The molecule has 4 nitrogen and oxygen atoms in total. The number of carbonyl (C=O) groups excluding carboxylic acids is 1. The third kappa shape index (κ3) is 3.14. The molecule has 0 bridgehead atoms. The number of alkyl halides is 3. The zero-order valence-corrected chi connectivity index (χ0v) is 8.82. The maximum atomic E-state index is 12.0. The number of hydrogen-bond donors (Lipinski definition) is 1. The first kappa shape index (κ1) is 12.9. The third-order valence-electron chi connectivity index (χ3n) is 1.37. The molecule has 0 aliphatic rings. The largest absolute Gasteiger partial charge is 0.573 e. The summed E-state index contributed by atoms with van der Waals surface area (Å²) in [5.41, 5.74) is 3.93. The van der Waals surface area contributed by atoms with Crippen LogP contribution < -0.4 is 10.5 Å². The van der Waals surface area contributed by atoms with E-state index in [0.717, 1.165) is 6.07 Å². The summed E-state index contributed by atoms with van der Waals surface area (Å²) < 4.78 is 39.4. The molecule has 0 spiro atoms. The Bertz CT molecular complexity index is 436. The molecule has 88 valence electrons. The summed E-state index contributed by atoms with van der Waals surface area (Å²) in [5, 5.41) is -1.52. The number of aromatic nitrogens is 1. The number of pyridine rings is 1. The van der Waals surface area contributed by atoms with Crippen LogP contribution in [-0.2, 0) is 0 Å². The highest BCUT2D eigenvalue weighted by Crippen LogP contribution is 2.33. The maximum absolute atomic E-state index is 12.0. The van der Waals surface area contributed by atoms with Gasteiger partial charge >= 0.3 is 6.36 Å². The number of ether oxygens (including phenoxy) is 1. The Morgan fingerprint density at radius 2 is 2.06 bits per heavy atom. The lowest BCUT2D eigenvalue weighted by molar-refractivity contribution is -0.274. The molecule has 0 aliphatic carbocycles. The Kier molecular flexibility index (Phi) is 3.49. The van der Waals surface area contributed by atoms with Crippen molar-refractivity contribution in [1.29, 1.82) is 0 Å². The zero-order chi connectivity index (χ0) is 12.5. The maximum Gasteiger partial charge on any atom is 0.573 e. The van der Waals surface area contributed by atoms with Gasteiger partial charge in [0.1, 0.15) is 5.15 Å². The summed E-state index contributed by atoms with van der Waals surface area (Å²) in [4.78, 5) is 14.1. The van der Waals surface area contributed by atoms with Gasteiger partial charge in [-0.3, -0.25) is 4.79 Å². The van der Waals surface area contributed by atoms with Crippen LogP contribution in [0.2, 0.25) is 5.15 Å². The molecule has 0 amide bonds. The molecule has 0 radical (unpaired) electrons. The first-order valence-corrected chi connectivity index (χ1v) is 4.38. The Balaban J connectivity index is 3.30. The van der Waals surface area contributed by atoms with Crippen LogP contribution in [0.4, 0.5) is 18.9 Å². The smallest absolute Gasteiger partial charge is 0.401 e. The average Bonchev–Trinajstić information content (AvgIpc) is 2.07. The van der Waals surface area contributed by atoms with Crippen molar-refractivity contribution in [3.63, 3.8) is 0 Å². The molecular weight excluding hydrogens is 272 g/mol. The predicted octanol–water partition coefficient (Wildman–Crippen LogP) is 2.59. The van der Waals surface area contributed by atoms with Crippen molar-refractivity contribution >= 4 is 34.1 Å². The summed E-state index contributed by atoms with van der Waals surface area (Å²) in [5.74, 6) is -0.961. The highest BCUT2D eigenvalue weighted by atomic mass is 35.5. The van der Waals surface area contributed by atoms with E-state index in [2.05, 4.69) is 9.72 Å². The molecule has 0 atom stereocenters. The number of carbonyl (C=O) groups is 1. The van der Waals surface area contributed by atoms with Gasteiger partial charge in [-0.15, -0.1) is 13.2 Å². The van der Waals surface area contributed by atoms with Crippen LogP contribution in [0.1, 0.15) is 10.5 Å². The lowest BCUT2D eigenvalue weighted by atomic mass is 10.3. The van der Waals surface area contributed by atoms with E-state index in [-0.39, 0.29) is 5.15 Å². The molecule has 0 saturated carbocycles. The van der Waals surface area contributed by atoms with Gasteiger partial charge in [0.2, 0.25) is 0 Å². The minimum absolute atomic E-state index is 0.268. The van der Waals surface area contributed by atoms with Crippen molar-refractivity contribution in [3.05, 3.63) is 16.9 Å². The highest BCUT2D eigenvalue weighted by molar-refractivity contribution is 6.67. The molecular formula is C7H3Cl2F3N2O2. The van der Waals surface area contributed by atoms with Gasteiger partial charge in [-0.2, -0.15) is 0 Å². The molecule has 1 aromatic heterocycles. The monoisotopic (exact) mass is 274 g/mol. The molecule has 0 aliphatic heterocycles. The first-order chi connectivity index (χ1) is 7.20. The fourth-order valence-electron chi connectivity index (χ4n) is 0.877. The number of hydrogen-bond acceptors (Lipinski definition) is 4. The minimum atomic E-state index is -5.01. The van der Waals surface area contributed by atoms with Crippen LogP contribution in [0.3, 0.4) is 0 Å². The van der Waals surface area contributed by atoms with Crippen molar-refractivity contribution in [2.45, 2.75) is 6.36 Å². The molecule has 1 aromatic rings. The quantitative estimate of drug-likeness (QED) is 0.665. The van der Waals surface area contributed by atoms with E-state index in [1.165, 1.54) is 0 Å². The molecule has 0 aromatic carbocycles. The fraction of sp³-hybridized carbons (Fsp3) is 0.143. The van der Waals surface area contributed by atoms with Crippen LogP contribution in [0.25, 0.3) is 0 Å². The average molecular weight is 275 g/mol. The van der Waals surface area contributed by atoms with Gasteiger partial charge in [-0.1, -0.05) is 11.6 Å². The SMILES string of the molecule is Nc1cc(Cl)nc(C(=O)Cl)c1OC(F)(F)F. The zero-order valence-electron chi connectivity index (χ0n) is 7.31. The Hall–Kier alpha value is -1.21. The second kappa shape index (κ2) is 4.34. The Morgan fingerprint density at radius 3 is 2.50 bits per heavy atom. The highest BCUT2D eigenvalue weighted by Gasteiger charge is 2.34. The van der Waals surface area contributed by atoms with E-state index in [4.69, 9.17) is 28.9 Å². The van der Waals surface area contributed by atoms with Crippen molar-refractivity contribution in [2.24, 2.45) is 0 Å². The molecule has 9 heteroatoms. The van der Waals surface area contributed by atoms with Crippen LogP contribution in [-0.4, -0.2) is 16.6 Å². The van der Waals surface area contributed by atoms with E-state index in [0.29, 0.717) is 0 Å². The lowest BCUT2D eigenvalue weighted by Crippen LogP contribution is -2.20. The number of anilines is 1. The lowest BCUT2D eigenvalue weighted by Gasteiger charge is -2.12. The van der Waals surface area contributed by atoms with Gasteiger partial charge in [0, 0.05) is 6.07 Å². The van der Waals surface area contributed by atoms with Gasteiger partial charge in [-0.05, 0) is 11.6 Å². The van der Waals surface area contributed by atoms with E-state index < -0.39 is 28.7 Å².